The normalized spacial score (nSPS) is 13.9. The van der Waals surface area contributed by atoms with E-state index >= 15 is 0 Å². The Morgan fingerprint density at radius 2 is 1.75 bits per heavy atom. The molecule has 0 spiro atoms. The number of carbonyl (C=O) groups is 1. The fraction of sp³-hybridized carbons (Fsp3) is 0.562. The molecule has 0 aliphatic heterocycles. The lowest BCUT2D eigenvalue weighted by molar-refractivity contribution is -0.141. The maximum absolute atomic E-state index is 10.7. The molecule has 2 unspecified atom stereocenters. The minimum Gasteiger partial charge on any atom is -0.481 e. The van der Waals surface area contributed by atoms with Gasteiger partial charge in [-0.25, -0.2) is 0 Å². The van der Waals surface area contributed by atoms with Gasteiger partial charge in [0.05, 0.1) is 12.5 Å². The summed E-state index contributed by atoms with van der Waals surface area (Å²) >= 11 is 0. The van der Waals surface area contributed by atoms with Gasteiger partial charge in [-0.3, -0.25) is 4.79 Å². The van der Waals surface area contributed by atoms with Gasteiger partial charge in [0.15, 0.2) is 0 Å². The van der Waals surface area contributed by atoms with Crippen molar-refractivity contribution in [3.63, 3.8) is 0 Å². The molecular weight excluding hydrogens is 254 g/mol. The average Bonchev–Trinajstić information content (AvgIpc) is 2.45. The third-order valence-corrected chi connectivity index (χ3v) is 3.56. The standard InChI is InChI=1S/C16H25NO3/c1-12(16(19)20)4-3-5-13(2)17-10-14-6-8-15(11-18)9-7-14/h6-9,12-13,17-18H,3-5,10-11H2,1-2H3,(H,19,20). The fourth-order valence-electron chi connectivity index (χ4n) is 2.01. The highest BCUT2D eigenvalue weighted by Gasteiger charge is 2.11. The van der Waals surface area contributed by atoms with Crippen molar-refractivity contribution in [2.24, 2.45) is 5.92 Å². The second-order valence-electron chi connectivity index (χ2n) is 5.43. The second kappa shape index (κ2) is 8.72. The van der Waals surface area contributed by atoms with Crippen LogP contribution in [0.25, 0.3) is 0 Å². The number of nitrogens with one attached hydrogen (secondary N) is 1. The highest BCUT2D eigenvalue weighted by atomic mass is 16.4. The Labute approximate surface area is 120 Å². The van der Waals surface area contributed by atoms with Gasteiger partial charge in [-0.15, -0.1) is 0 Å². The predicted octanol–water partition coefficient (Wildman–Crippen LogP) is 2.55. The molecule has 1 aromatic carbocycles. The summed E-state index contributed by atoms with van der Waals surface area (Å²) in [6, 6.07) is 8.25. The van der Waals surface area contributed by atoms with Crippen LogP contribution in [0, 0.1) is 5.92 Å². The lowest BCUT2D eigenvalue weighted by atomic mass is 10.0. The topological polar surface area (TPSA) is 69.6 Å². The summed E-state index contributed by atoms with van der Waals surface area (Å²) in [6.07, 6.45) is 2.63. The molecule has 0 radical (unpaired) electrons. The molecule has 0 aliphatic rings. The highest BCUT2D eigenvalue weighted by molar-refractivity contribution is 5.69. The lowest BCUT2D eigenvalue weighted by Crippen LogP contribution is -2.25. The van der Waals surface area contributed by atoms with Gasteiger partial charge in [-0.1, -0.05) is 37.6 Å². The molecule has 0 amide bonds. The van der Waals surface area contributed by atoms with Crippen LogP contribution in [0.3, 0.4) is 0 Å². The molecule has 1 aromatic rings. The van der Waals surface area contributed by atoms with E-state index in [1.807, 2.05) is 24.3 Å². The van der Waals surface area contributed by atoms with Crippen LogP contribution < -0.4 is 5.32 Å². The summed E-state index contributed by atoms with van der Waals surface area (Å²) in [6.45, 7) is 4.74. The summed E-state index contributed by atoms with van der Waals surface area (Å²) in [7, 11) is 0. The maximum Gasteiger partial charge on any atom is 0.306 e. The van der Waals surface area contributed by atoms with Crippen LogP contribution in [0.15, 0.2) is 24.3 Å². The van der Waals surface area contributed by atoms with E-state index in [2.05, 4.69) is 12.2 Å². The predicted molar refractivity (Wildman–Crippen MR) is 79.3 cm³/mol. The van der Waals surface area contributed by atoms with Crippen LogP contribution in [-0.4, -0.2) is 22.2 Å². The zero-order chi connectivity index (χ0) is 15.0. The van der Waals surface area contributed by atoms with Crippen molar-refractivity contribution in [1.82, 2.24) is 5.32 Å². The molecule has 0 saturated heterocycles. The summed E-state index contributed by atoms with van der Waals surface area (Å²) in [5.41, 5.74) is 2.11. The molecule has 1 rings (SSSR count). The van der Waals surface area contributed by atoms with Crippen LogP contribution in [0.2, 0.25) is 0 Å². The van der Waals surface area contributed by atoms with Crippen molar-refractivity contribution in [2.75, 3.05) is 0 Å². The number of rotatable bonds is 9. The van der Waals surface area contributed by atoms with Crippen molar-refractivity contribution in [1.29, 1.82) is 0 Å². The van der Waals surface area contributed by atoms with Crippen LogP contribution in [-0.2, 0) is 17.9 Å². The summed E-state index contributed by atoms with van der Waals surface area (Å²) in [5.74, 6) is -0.970. The first-order valence-corrected chi connectivity index (χ1v) is 7.17. The van der Waals surface area contributed by atoms with Crippen LogP contribution >= 0.6 is 0 Å². The summed E-state index contributed by atoms with van der Waals surface area (Å²) in [4.78, 5) is 10.7. The van der Waals surface area contributed by atoms with Crippen LogP contribution in [0.5, 0.6) is 0 Å². The van der Waals surface area contributed by atoms with Crippen molar-refractivity contribution in [2.45, 2.75) is 52.3 Å². The van der Waals surface area contributed by atoms with Gasteiger partial charge in [0.1, 0.15) is 0 Å². The number of carboxylic acids is 1. The third kappa shape index (κ3) is 6.17. The van der Waals surface area contributed by atoms with Crippen molar-refractivity contribution >= 4 is 5.97 Å². The van der Waals surface area contributed by atoms with Crippen molar-refractivity contribution in [3.05, 3.63) is 35.4 Å². The zero-order valence-electron chi connectivity index (χ0n) is 12.3. The van der Waals surface area contributed by atoms with Gasteiger partial charge >= 0.3 is 5.97 Å². The smallest absolute Gasteiger partial charge is 0.306 e. The van der Waals surface area contributed by atoms with Crippen LogP contribution in [0.1, 0.15) is 44.2 Å². The Bertz CT molecular complexity index is 403. The largest absolute Gasteiger partial charge is 0.481 e. The second-order valence-corrected chi connectivity index (χ2v) is 5.43. The molecule has 0 bridgehead atoms. The van der Waals surface area contributed by atoms with Crippen LogP contribution in [0.4, 0.5) is 0 Å². The highest BCUT2D eigenvalue weighted by Crippen LogP contribution is 2.10. The summed E-state index contributed by atoms with van der Waals surface area (Å²) < 4.78 is 0. The van der Waals surface area contributed by atoms with Crippen molar-refractivity contribution in [3.8, 4) is 0 Å². The number of aliphatic carboxylic acids is 1. The fourth-order valence-corrected chi connectivity index (χ4v) is 2.01. The lowest BCUT2D eigenvalue weighted by Gasteiger charge is -2.14. The monoisotopic (exact) mass is 279 g/mol. The molecule has 0 fully saturated rings. The SMILES string of the molecule is CC(CCCC(C)C(=O)O)NCc1ccc(CO)cc1. The molecular formula is C16H25NO3. The Hall–Kier alpha value is -1.39. The van der Waals surface area contributed by atoms with E-state index in [0.717, 1.165) is 31.4 Å². The quantitative estimate of drug-likeness (QED) is 0.650. The molecule has 112 valence electrons. The first kappa shape index (κ1) is 16.7. The molecule has 2 atom stereocenters. The molecule has 4 heteroatoms. The molecule has 20 heavy (non-hydrogen) atoms. The minimum atomic E-state index is -0.713. The molecule has 0 heterocycles. The summed E-state index contributed by atoms with van der Waals surface area (Å²) in [5, 5.41) is 21.2. The maximum atomic E-state index is 10.7. The Morgan fingerprint density at radius 3 is 2.30 bits per heavy atom. The molecule has 3 N–H and O–H groups in total. The van der Waals surface area contributed by atoms with E-state index in [-0.39, 0.29) is 12.5 Å². The third-order valence-electron chi connectivity index (χ3n) is 3.56. The first-order chi connectivity index (χ1) is 9.52. The van der Waals surface area contributed by atoms with Gasteiger partial charge in [0.2, 0.25) is 0 Å². The minimum absolute atomic E-state index is 0.0753. The Kier molecular flexibility index (Phi) is 7.26. The Balaban J connectivity index is 2.22. The Morgan fingerprint density at radius 1 is 1.15 bits per heavy atom. The van der Waals surface area contributed by atoms with Gasteiger partial charge in [0, 0.05) is 12.6 Å². The van der Waals surface area contributed by atoms with Crippen molar-refractivity contribution < 1.29 is 15.0 Å². The van der Waals surface area contributed by atoms with Gasteiger partial charge in [-0.05, 0) is 30.9 Å². The van der Waals surface area contributed by atoms with Gasteiger partial charge in [-0.2, -0.15) is 0 Å². The number of aliphatic hydroxyl groups is 1. The molecule has 0 saturated carbocycles. The zero-order valence-corrected chi connectivity index (χ0v) is 12.3. The number of hydrogen-bond donors (Lipinski definition) is 3. The molecule has 0 aliphatic carbocycles. The molecule has 0 aromatic heterocycles. The molecule has 4 nitrogen and oxygen atoms in total. The van der Waals surface area contributed by atoms with Gasteiger partial charge in [0.25, 0.3) is 0 Å². The number of hydrogen-bond acceptors (Lipinski definition) is 3. The van der Waals surface area contributed by atoms with E-state index in [9.17, 15) is 4.79 Å². The van der Waals surface area contributed by atoms with E-state index in [4.69, 9.17) is 10.2 Å². The van der Waals surface area contributed by atoms with E-state index < -0.39 is 5.97 Å². The van der Waals surface area contributed by atoms with E-state index in [0.29, 0.717) is 6.04 Å². The number of carboxylic acid groups (broad SMARTS) is 1. The average molecular weight is 279 g/mol. The number of aliphatic hydroxyl groups excluding tert-OH is 1. The van der Waals surface area contributed by atoms with Gasteiger partial charge < -0.3 is 15.5 Å². The first-order valence-electron chi connectivity index (χ1n) is 7.17. The van der Waals surface area contributed by atoms with E-state index in [1.54, 1.807) is 6.92 Å². The van der Waals surface area contributed by atoms with E-state index in [1.165, 1.54) is 5.56 Å². The number of benzene rings is 1.